The highest BCUT2D eigenvalue weighted by Gasteiger charge is 2.22. The van der Waals surface area contributed by atoms with Crippen LogP contribution in [0.5, 0.6) is 0 Å². The molecule has 2 fully saturated rings. The smallest absolute Gasteiger partial charge is 0.152 e. The summed E-state index contributed by atoms with van der Waals surface area (Å²) in [7, 11) is 2.19. The summed E-state index contributed by atoms with van der Waals surface area (Å²) in [6.45, 7) is 15.3. The molecule has 0 amide bonds. The lowest BCUT2D eigenvalue weighted by molar-refractivity contribution is 0.00670. The van der Waals surface area contributed by atoms with Gasteiger partial charge in [-0.3, -0.25) is 10.1 Å². The summed E-state index contributed by atoms with van der Waals surface area (Å²) in [6.07, 6.45) is 8.62. The number of hydrogen-bond acceptors (Lipinski definition) is 5. The van der Waals surface area contributed by atoms with Crippen LogP contribution in [0, 0.1) is 5.92 Å². The Labute approximate surface area is 187 Å². The first-order chi connectivity index (χ1) is 14.8. The largest absolute Gasteiger partial charge is 0.380 e. The molecular formula is C25H39N5O. The van der Waals surface area contributed by atoms with Crippen LogP contribution in [0.3, 0.4) is 0 Å². The number of ether oxygens (including phenoxy) is 1. The van der Waals surface area contributed by atoms with Crippen LogP contribution in [-0.4, -0.2) is 48.1 Å². The fraction of sp³-hybridized carbons (Fsp3) is 0.600. The third-order valence-electron chi connectivity index (χ3n) is 6.59. The molecule has 1 saturated heterocycles. The van der Waals surface area contributed by atoms with Crippen molar-refractivity contribution in [3.05, 3.63) is 46.6 Å². The SMILES string of the molecule is C=C(C=N/C(C(C)=C(C)C)=C(\C)N(C)CC1CCCCC1)Nc1cc(C2COC2)[nH]n1. The molecule has 6 nitrogen and oxygen atoms in total. The second kappa shape index (κ2) is 10.8. The number of rotatable bonds is 9. The van der Waals surface area contributed by atoms with Crippen LogP contribution < -0.4 is 5.32 Å². The van der Waals surface area contributed by atoms with Gasteiger partial charge in [0.15, 0.2) is 5.82 Å². The van der Waals surface area contributed by atoms with E-state index in [9.17, 15) is 0 Å². The minimum Gasteiger partial charge on any atom is -0.380 e. The Morgan fingerprint density at radius 1 is 1.26 bits per heavy atom. The van der Waals surface area contributed by atoms with Gasteiger partial charge in [-0.15, -0.1) is 0 Å². The second-order valence-corrected chi connectivity index (χ2v) is 9.29. The van der Waals surface area contributed by atoms with Crippen molar-refractivity contribution >= 4 is 12.0 Å². The normalized spacial score (nSPS) is 18.5. The first-order valence-electron chi connectivity index (χ1n) is 11.5. The lowest BCUT2D eigenvalue weighted by Crippen LogP contribution is -2.26. The molecule has 1 aliphatic carbocycles. The minimum absolute atomic E-state index is 0.419. The van der Waals surface area contributed by atoms with Gasteiger partial charge in [-0.2, -0.15) is 5.10 Å². The number of aromatic nitrogens is 2. The lowest BCUT2D eigenvalue weighted by atomic mass is 9.89. The molecule has 170 valence electrons. The van der Waals surface area contributed by atoms with Crippen molar-refractivity contribution in [2.75, 3.05) is 32.1 Å². The van der Waals surface area contributed by atoms with Gasteiger partial charge in [0.25, 0.3) is 0 Å². The quantitative estimate of drug-likeness (QED) is 0.398. The molecule has 3 rings (SSSR count). The number of hydrogen-bond donors (Lipinski definition) is 2. The van der Waals surface area contributed by atoms with Crippen LogP contribution in [0.2, 0.25) is 0 Å². The van der Waals surface area contributed by atoms with E-state index >= 15 is 0 Å². The average Bonchev–Trinajstić information content (AvgIpc) is 3.14. The van der Waals surface area contributed by atoms with Crippen LogP contribution in [0.4, 0.5) is 5.82 Å². The van der Waals surface area contributed by atoms with Crippen molar-refractivity contribution in [1.82, 2.24) is 15.1 Å². The van der Waals surface area contributed by atoms with Crippen LogP contribution in [-0.2, 0) is 4.74 Å². The van der Waals surface area contributed by atoms with Gasteiger partial charge in [-0.05, 0) is 52.0 Å². The topological polar surface area (TPSA) is 65.5 Å². The number of aliphatic imine (C=N–C) groups is 1. The summed E-state index contributed by atoms with van der Waals surface area (Å²) in [5, 5.41) is 10.7. The molecule has 0 bridgehead atoms. The number of allylic oxidation sites excluding steroid dienone is 4. The number of aromatic amines is 1. The van der Waals surface area contributed by atoms with E-state index in [-0.39, 0.29) is 0 Å². The summed E-state index contributed by atoms with van der Waals surface area (Å²) in [6, 6.07) is 2.02. The standard InChI is InChI=1S/C25H39N5O/c1-17(2)19(4)25(20(5)30(6)14-21-10-8-7-9-11-21)26-13-18(3)27-24-12-23(28-29-24)22-15-31-16-22/h12-13,21-22H,3,7-11,14-16H2,1-2,4-6H3,(H2,27,28,29)/b25-20+,26-13?. The van der Waals surface area contributed by atoms with Crippen molar-refractivity contribution in [2.24, 2.45) is 10.9 Å². The van der Waals surface area contributed by atoms with E-state index in [0.717, 1.165) is 42.9 Å². The molecule has 1 saturated carbocycles. The van der Waals surface area contributed by atoms with E-state index in [1.807, 2.05) is 6.07 Å². The summed E-state index contributed by atoms with van der Waals surface area (Å²) < 4.78 is 5.26. The van der Waals surface area contributed by atoms with Crippen molar-refractivity contribution < 1.29 is 4.74 Å². The number of nitrogens with one attached hydrogen (secondary N) is 2. The third-order valence-corrected chi connectivity index (χ3v) is 6.59. The predicted molar refractivity (Wildman–Crippen MR) is 129 cm³/mol. The summed E-state index contributed by atoms with van der Waals surface area (Å²) in [5.74, 6) is 1.97. The van der Waals surface area contributed by atoms with Gasteiger partial charge in [-0.25, -0.2) is 0 Å². The van der Waals surface area contributed by atoms with Gasteiger partial charge in [0.05, 0.1) is 30.8 Å². The highest BCUT2D eigenvalue weighted by atomic mass is 16.5. The number of nitrogens with zero attached hydrogens (tertiary/aromatic N) is 3. The molecule has 6 heteroatoms. The molecule has 0 spiro atoms. The van der Waals surface area contributed by atoms with Gasteiger partial charge < -0.3 is 15.0 Å². The maximum atomic E-state index is 5.26. The van der Waals surface area contributed by atoms with Gasteiger partial charge >= 0.3 is 0 Å². The van der Waals surface area contributed by atoms with Crippen molar-refractivity contribution in [3.8, 4) is 0 Å². The highest BCUT2D eigenvalue weighted by Crippen LogP contribution is 2.27. The van der Waals surface area contributed by atoms with Crippen molar-refractivity contribution in [1.29, 1.82) is 0 Å². The Balaban J connectivity index is 1.69. The molecule has 1 aliphatic heterocycles. The zero-order chi connectivity index (χ0) is 22.4. The van der Waals surface area contributed by atoms with E-state index in [0.29, 0.717) is 11.6 Å². The van der Waals surface area contributed by atoms with Crippen LogP contribution in [0.1, 0.15) is 71.4 Å². The highest BCUT2D eigenvalue weighted by molar-refractivity contribution is 5.83. The monoisotopic (exact) mass is 425 g/mol. The van der Waals surface area contributed by atoms with E-state index in [1.54, 1.807) is 6.21 Å². The Bertz CT molecular complexity index is 849. The Morgan fingerprint density at radius 3 is 2.58 bits per heavy atom. The van der Waals surface area contributed by atoms with Gasteiger partial charge in [0.2, 0.25) is 0 Å². The molecule has 2 heterocycles. The molecule has 0 aromatic carbocycles. The fourth-order valence-corrected chi connectivity index (χ4v) is 4.14. The minimum atomic E-state index is 0.419. The number of H-pyrrole nitrogens is 1. The molecule has 0 radical (unpaired) electrons. The Hall–Kier alpha value is -2.34. The van der Waals surface area contributed by atoms with E-state index in [2.05, 4.69) is 61.7 Å². The average molecular weight is 426 g/mol. The second-order valence-electron chi connectivity index (χ2n) is 9.29. The van der Waals surface area contributed by atoms with E-state index in [4.69, 9.17) is 9.73 Å². The molecule has 1 aromatic rings. The molecule has 31 heavy (non-hydrogen) atoms. The molecule has 0 unspecified atom stereocenters. The third kappa shape index (κ3) is 6.33. The van der Waals surface area contributed by atoms with E-state index < -0.39 is 0 Å². The van der Waals surface area contributed by atoms with Crippen molar-refractivity contribution in [3.63, 3.8) is 0 Å². The molecular weight excluding hydrogens is 386 g/mol. The van der Waals surface area contributed by atoms with Crippen LogP contribution >= 0.6 is 0 Å². The summed E-state index contributed by atoms with van der Waals surface area (Å²) in [5.41, 5.74) is 6.53. The maximum Gasteiger partial charge on any atom is 0.152 e. The van der Waals surface area contributed by atoms with Crippen LogP contribution in [0.25, 0.3) is 0 Å². The number of anilines is 1. The molecule has 0 atom stereocenters. The zero-order valence-electron chi connectivity index (χ0n) is 19.9. The Morgan fingerprint density at radius 2 is 1.97 bits per heavy atom. The van der Waals surface area contributed by atoms with Gasteiger partial charge in [0.1, 0.15) is 0 Å². The van der Waals surface area contributed by atoms with Gasteiger partial charge in [0, 0.05) is 37.0 Å². The van der Waals surface area contributed by atoms with Crippen LogP contribution in [0.15, 0.2) is 45.9 Å². The summed E-state index contributed by atoms with van der Waals surface area (Å²) in [4.78, 5) is 7.24. The lowest BCUT2D eigenvalue weighted by Gasteiger charge is -2.30. The van der Waals surface area contributed by atoms with Gasteiger partial charge in [-0.1, -0.05) is 31.4 Å². The zero-order valence-corrected chi connectivity index (χ0v) is 19.9. The molecule has 2 aliphatic rings. The first-order valence-corrected chi connectivity index (χ1v) is 11.5. The van der Waals surface area contributed by atoms with Crippen molar-refractivity contribution in [2.45, 2.75) is 65.7 Å². The Kier molecular flexibility index (Phi) is 8.13. The molecule has 2 N–H and O–H groups in total. The van der Waals surface area contributed by atoms with E-state index in [1.165, 1.54) is 48.9 Å². The summed E-state index contributed by atoms with van der Waals surface area (Å²) >= 11 is 0. The molecule has 1 aromatic heterocycles. The first kappa shape index (κ1) is 23.3. The predicted octanol–water partition coefficient (Wildman–Crippen LogP) is 5.62. The fourth-order valence-electron chi connectivity index (χ4n) is 4.14. The maximum absolute atomic E-state index is 5.26.